The van der Waals surface area contributed by atoms with Gasteiger partial charge in [0.25, 0.3) is 0 Å². The van der Waals surface area contributed by atoms with Crippen molar-refractivity contribution in [2.45, 2.75) is 74.7 Å². The van der Waals surface area contributed by atoms with Crippen LogP contribution in [0.25, 0.3) is 34.4 Å². The van der Waals surface area contributed by atoms with Crippen LogP contribution in [0.3, 0.4) is 0 Å². The molecule has 0 saturated heterocycles. The van der Waals surface area contributed by atoms with Gasteiger partial charge >= 0.3 is 289 Å². The Morgan fingerprint density at radius 2 is 0.957 bits per heavy atom. The van der Waals surface area contributed by atoms with Crippen LogP contribution in [0.2, 0.25) is 13.1 Å². The van der Waals surface area contributed by atoms with Crippen LogP contribution in [0.5, 0.6) is 0 Å². The van der Waals surface area contributed by atoms with Crippen molar-refractivity contribution in [3.05, 3.63) is 129 Å². The Labute approximate surface area is 286 Å². The third-order valence-electron chi connectivity index (χ3n) is 10.6. The van der Waals surface area contributed by atoms with Crippen LogP contribution in [0.1, 0.15) is 81.2 Å². The van der Waals surface area contributed by atoms with Crippen molar-refractivity contribution in [2.24, 2.45) is 11.8 Å². The quantitative estimate of drug-likeness (QED) is 0.150. The molecule has 0 fully saturated rings. The standard InChI is InChI=1S/2C20H21.C2H7Si.2ClH.Zr/c2*1-14(2)11-16-12-18-10-9-15(3)20(19(18)13-16)17-7-5-4-6-8-17;1-3-2;;;/h2*4-10,12-14H,11H2,1-3H3;3H,1-2H3;2*1H;/q;;;;;+2/p-2. The molecule has 0 amide bonds. The molecule has 0 heterocycles. The number of allylic oxidation sites excluding steroid dienone is 2. The van der Waals surface area contributed by atoms with Crippen LogP contribution in [-0.2, 0) is 15.6 Å². The topological polar surface area (TPSA) is 0 Å². The molecular weight excluding hydrogens is 695 g/mol. The van der Waals surface area contributed by atoms with Crippen LogP contribution in [-0.4, -0.2) is 5.92 Å². The fourth-order valence-corrected chi connectivity index (χ4v) is 40.0. The molecule has 0 bridgehead atoms. The Kier molecular flexibility index (Phi) is 9.45. The first kappa shape index (κ1) is 33.9. The zero-order chi connectivity index (χ0) is 33.0. The van der Waals surface area contributed by atoms with Gasteiger partial charge in [0.05, 0.1) is 0 Å². The first-order valence-electron chi connectivity index (χ1n) is 17.2. The molecule has 2 atom stereocenters. The molecule has 0 aliphatic heterocycles. The van der Waals surface area contributed by atoms with Crippen molar-refractivity contribution in [3.8, 4) is 22.3 Å². The number of hydrogen-bond donors (Lipinski definition) is 0. The summed E-state index contributed by atoms with van der Waals surface area (Å²) >= 11 is -4.88. The second kappa shape index (κ2) is 12.8. The molecule has 4 aromatic carbocycles. The van der Waals surface area contributed by atoms with Crippen molar-refractivity contribution in [1.82, 2.24) is 0 Å². The predicted molar refractivity (Wildman–Crippen MR) is 204 cm³/mol. The third-order valence-corrected chi connectivity index (χ3v) is 62.5. The Bertz CT molecular complexity index is 1700. The van der Waals surface area contributed by atoms with Crippen LogP contribution >= 0.6 is 17.0 Å². The molecule has 0 aromatic heterocycles. The average molecular weight is 744 g/mol. The SMILES string of the molecule is Cc1ccc2c(c1-c1ccccc1)C=C(CC(C)C)[CH]2[Zr]([Cl])([Cl])([CH]1C(CC(C)C)=Cc2c1ccc(C)c2-c1ccccc1)[SiH](C)C. The van der Waals surface area contributed by atoms with E-state index in [1.54, 1.807) is 0 Å². The molecule has 6 rings (SSSR count). The van der Waals surface area contributed by atoms with Gasteiger partial charge < -0.3 is 0 Å². The number of hydrogen-bond acceptors (Lipinski definition) is 0. The molecular formula is C42H49Cl2SiZr. The number of aryl methyl sites for hydroxylation is 2. The van der Waals surface area contributed by atoms with E-state index in [1.165, 1.54) is 66.8 Å². The molecule has 239 valence electrons. The van der Waals surface area contributed by atoms with Crippen LogP contribution in [0.15, 0.2) is 96.1 Å². The Morgan fingerprint density at radius 1 is 0.587 bits per heavy atom. The van der Waals surface area contributed by atoms with Gasteiger partial charge in [0.1, 0.15) is 0 Å². The van der Waals surface area contributed by atoms with E-state index in [9.17, 15) is 0 Å². The first-order chi connectivity index (χ1) is 21.8. The zero-order valence-corrected chi connectivity index (χ0v) is 33.9. The van der Waals surface area contributed by atoms with Crippen LogP contribution in [0, 0.1) is 25.7 Å². The maximum atomic E-state index is 8.79. The molecule has 2 aliphatic rings. The summed E-state index contributed by atoms with van der Waals surface area (Å²) in [4.78, 5) is 0. The van der Waals surface area contributed by atoms with Gasteiger partial charge in [0, 0.05) is 0 Å². The molecule has 0 radical (unpaired) electrons. The Hall–Kier alpha value is -1.96. The Morgan fingerprint density at radius 3 is 1.28 bits per heavy atom. The van der Waals surface area contributed by atoms with Crippen LogP contribution in [0.4, 0.5) is 0 Å². The van der Waals surface area contributed by atoms with E-state index in [2.05, 4.69) is 152 Å². The summed E-state index contributed by atoms with van der Waals surface area (Å²) in [6.07, 6.45) is 7.08. The molecule has 0 N–H and O–H groups in total. The first-order valence-corrected chi connectivity index (χ1v) is 33.5. The summed E-state index contributed by atoms with van der Waals surface area (Å²) in [6, 6.07) is 31.3. The summed E-state index contributed by atoms with van der Waals surface area (Å²) in [6.45, 7) is 18.8. The summed E-state index contributed by atoms with van der Waals surface area (Å²) in [5.74, 6) is -0.625. The fraction of sp³-hybridized carbons (Fsp3) is 0.333. The van der Waals surface area contributed by atoms with E-state index in [1.807, 2.05) is 0 Å². The zero-order valence-electron chi connectivity index (χ0n) is 28.8. The van der Waals surface area contributed by atoms with Crippen molar-refractivity contribution in [2.75, 3.05) is 0 Å². The van der Waals surface area contributed by atoms with Gasteiger partial charge in [-0.1, -0.05) is 0 Å². The van der Waals surface area contributed by atoms with E-state index in [4.69, 9.17) is 17.0 Å². The second-order valence-electron chi connectivity index (χ2n) is 15.1. The van der Waals surface area contributed by atoms with Gasteiger partial charge in [-0.15, -0.1) is 0 Å². The van der Waals surface area contributed by atoms with Gasteiger partial charge in [-0.25, -0.2) is 0 Å². The van der Waals surface area contributed by atoms with E-state index in [0.717, 1.165) is 12.8 Å². The van der Waals surface area contributed by atoms with Gasteiger partial charge in [-0.2, -0.15) is 0 Å². The van der Waals surface area contributed by atoms with Crippen molar-refractivity contribution in [3.63, 3.8) is 0 Å². The van der Waals surface area contributed by atoms with Gasteiger partial charge in [-0.3, -0.25) is 0 Å². The normalized spacial score (nSPS) is 18.4. The summed E-state index contributed by atoms with van der Waals surface area (Å²) < 4.78 is 0.204. The van der Waals surface area contributed by atoms with Crippen LogP contribution < -0.4 is 0 Å². The van der Waals surface area contributed by atoms with E-state index in [0.29, 0.717) is 11.8 Å². The molecule has 0 nitrogen and oxygen atoms in total. The molecule has 4 heteroatoms. The molecule has 4 aromatic rings. The minimum atomic E-state index is -4.88. The molecule has 0 saturated carbocycles. The minimum absolute atomic E-state index is 0.102. The number of halogens is 2. The van der Waals surface area contributed by atoms with E-state index < -0.39 is 21.5 Å². The molecule has 2 aliphatic carbocycles. The molecule has 46 heavy (non-hydrogen) atoms. The molecule has 0 spiro atoms. The van der Waals surface area contributed by atoms with Gasteiger partial charge in [0.2, 0.25) is 0 Å². The van der Waals surface area contributed by atoms with E-state index >= 15 is 0 Å². The van der Waals surface area contributed by atoms with Crippen molar-refractivity contribution in [1.29, 1.82) is 0 Å². The van der Waals surface area contributed by atoms with Crippen molar-refractivity contribution >= 4 is 35.1 Å². The van der Waals surface area contributed by atoms with Gasteiger partial charge in [0.15, 0.2) is 0 Å². The summed E-state index contributed by atoms with van der Waals surface area (Å²) in [7, 11) is 17.6. The number of benzene rings is 4. The number of rotatable bonds is 9. The second-order valence-corrected chi connectivity index (χ2v) is 57.6. The summed E-state index contributed by atoms with van der Waals surface area (Å²) in [5, 5.41) is 0. The predicted octanol–water partition coefficient (Wildman–Crippen LogP) is 13.3. The van der Waals surface area contributed by atoms with Gasteiger partial charge in [-0.05, 0) is 0 Å². The fourth-order valence-electron chi connectivity index (χ4n) is 8.65. The van der Waals surface area contributed by atoms with Crippen molar-refractivity contribution < 1.29 is 15.6 Å². The monoisotopic (exact) mass is 741 g/mol. The van der Waals surface area contributed by atoms with E-state index in [-0.39, 0.29) is 7.25 Å². The average Bonchev–Trinajstić information content (AvgIpc) is 3.56. The maximum absolute atomic E-state index is 8.79. The number of fused-ring (bicyclic) bond motifs is 2. The molecule has 2 unspecified atom stereocenters. The Balaban J connectivity index is 1.65. The summed E-state index contributed by atoms with van der Waals surface area (Å²) in [5.41, 5.74) is 16.2. The third kappa shape index (κ3) is 5.64.